The van der Waals surface area contributed by atoms with Gasteiger partial charge in [-0.25, -0.2) is 0 Å². The molecular formula is C19H23ClN4O. The average Bonchev–Trinajstić information content (AvgIpc) is 3.39. The Morgan fingerprint density at radius 1 is 1.32 bits per heavy atom. The third-order valence-corrected chi connectivity index (χ3v) is 5.41. The van der Waals surface area contributed by atoms with E-state index in [4.69, 9.17) is 11.6 Å². The zero-order valence-electron chi connectivity index (χ0n) is 14.6. The highest BCUT2D eigenvalue weighted by atomic mass is 35.5. The summed E-state index contributed by atoms with van der Waals surface area (Å²) in [5.74, 6) is 0.0821. The Hall–Kier alpha value is -2.01. The van der Waals surface area contributed by atoms with E-state index < -0.39 is 0 Å². The lowest BCUT2D eigenvalue weighted by Crippen LogP contribution is -2.44. The minimum absolute atomic E-state index is 0.0821. The number of anilines is 1. The topological polar surface area (TPSA) is 50.2 Å². The molecule has 1 amide bonds. The number of aromatic nitrogens is 2. The lowest BCUT2D eigenvalue weighted by Gasteiger charge is -2.38. The molecule has 0 unspecified atom stereocenters. The van der Waals surface area contributed by atoms with Crippen molar-refractivity contribution in [3.63, 3.8) is 0 Å². The zero-order chi connectivity index (χ0) is 17.6. The number of amides is 1. The standard InChI is InChI=1S/C19H23ClN4O/c1-3-4-11-23-17(20)16(12(2)22-23)18-21-15-8-6-5-7-14(15)19(25)24(18)13-9-10-13/h5-8,13,18,21H,3-4,9-11H2,1-2H3/t18-/m0/s1. The molecule has 1 aliphatic heterocycles. The first-order valence-electron chi connectivity index (χ1n) is 9.02. The molecule has 1 fully saturated rings. The van der Waals surface area contributed by atoms with Crippen LogP contribution in [0.25, 0.3) is 0 Å². The van der Waals surface area contributed by atoms with Gasteiger partial charge in [0.1, 0.15) is 11.3 Å². The number of carbonyl (C=O) groups excluding carboxylic acids is 1. The fourth-order valence-corrected chi connectivity index (χ4v) is 3.91. The van der Waals surface area contributed by atoms with E-state index in [0.717, 1.165) is 54.7 Å². The zero-order valence-corrected chi connectivity index (χ0v) is 15.4. The monoisotopic (exact) mass is 358 g/mol. The summed E-state index contributed by atoms with van der Waals surface area (Å²) in [7, 11) is 0. The van der Waals surface area contributed by atoms with Crippen LogP contribution in [0.4, 0.5) is 5.69 Å². The molecule has 2 aliphatic rings. The van der Waals surface area contributed by atoms with Crippen molar-refractivity contribution in [2.45, 2.75) is 58.3 Å². The molecule has 132 valence electrons. The highest BCUT2D eigenvalue weighted by molar-refractivity contribution is 6.30. The number of benzene rings is 1. The van der Waals surface area contributed by atoms with Crippen molar-refractivity contribution in [3.8, 4) is 0 Å². The van der Waals surface area contributed by atoms with Gasteiger partial charge < -0.3 is 10.2 Å². The maximum atomic E-state index is 13.1. The highest BCUT2D eigenvalue weighted by Crippen LogP contribution is 2.43. The quantitative estimate of drug-likeness (QED) is 0.863. The first kappa shape index (κ1) is 16.5. The maximum Gasteiger partial charge on any atom is 0.258 e. The molecule has 2 heterocycles. The summed E-state index contributed by atoms with van der Waals surface area (Å²) in [4.78, 5) is 15.1. The van der Waals surface area contributed by atoms with Gasteiger partial charge >= 0.3 is 0 Å². The maximum absolute atomic E-state index is 13.1. The second-order valence-electron chi connectivity index (χ2n) is 6.90. The Kier molecular flexibility index (Phi) is 4.20. The molecule has 0 bridgehead atoms. The Morgan fingerprint density at radius 3 is 2.80 bits per heavy atom. The fourth-order valence-electron chi connectivity index (χ4n) is 3.54. The molecule has 1 aliphatic carbocycles. The number of hydrogen-bond acceptors (Lipinski definition) is 3. The number of fused-ring (bicyclic) bond motifs is 1. The Balaban J connectivity index is 1.76. The third kappa shape index (κ3) is 2.80. The number of hydrogen-bond donors (Lipinski definition) is 1. The molecule has 5 nitrogen and oxygen atoms in total. The van der Waals surface area contributed by atoms with Crippen LogP contribution in [0.1, 0.15) is 60.4 Å². The van der Waals surface area contributed by atoms with E-state index >= 15 is 0 Å². The SMILES string of the molecule is CCCCn1nc(C)c([C@H]2Nc3ccccc3C(=O)N2C2CC2)c1Cl. The fraction of sp³-hybridized carbons (Fsp3) is 0.474. The van der Waals surface area contributed by atoms with Gasteiger partial charge in [-0.3, -0.25) is 9.48 Å². The smallest absolute Gasteiger partial charge is 0.258 e. The van der Waals surface area contributed by atoms with E-state index in [2.05, 4.69) is 17.3 Å². The number of halogens is 1. The van der Waals surface area contributed by atoms with Crippen molar-refractivity contribution in [2.24, 2.45) is 0 Å². The summed E-state index contributed by atoms with van der Waals surface area (Å²) in [6.07, 6.45) is 3.97. The Bertz CT molecular complexity index is 812. The molecule has 1 atom stereocenters. The number of rotatable bonds is 5. The summed E-state index contributed by atoms with van der Waals surface area (Å²) in [5.41, 5.74) is 3.41. The summed E-state index contributed by atoms with van der Waals surface area (Å²) in [5, 5.41) is 8.80. The Morgan fingerprint density at radius 2 is 2.08 bits per heavy atom. The van der Waals surface area contributed by atoms with Crippen LogP contribution in [-0.4, -0.2) is 26.6 Å². The van der Waals surface area contributed by atoms with Gasteiger partial charge in [-0.2, -0.15) is 5.10 Å². The van der Waals surface area contributed by atoms with E-state index in [1.54, 1.807) is 0 Å². The van der Waals surface area contributed by atoms with Gasteiger partial charge in [0, 0.05) is 18.3 Å². The summed E-state index contributed by atoms with van der Waals surface area (Å²) < 4.78 is 1.87. The van der Waals surface area contributed by atoms with Gasteiger partial charge in [0.25, 0.3) is 5.91 Å². The lowest BCUT2D eigenvalue weighted by molar-refractivity contribution is 0.0666. The predicted molar refractivity (Wildman–Crippen MR) is 98.9 cm³/mol. The molecular weight excluding hydrogens is 336 g/mol. The number of unbranched alkanes of at least 4 members (excludes halogenated alkanes) is 1. The van der Waals surface area contributed by atoms with Gasteiger partial charge in [0.2, 0.25) is 0 Å². The first-order chi connectivity index (χ1) is 12.1. The van der Waals surface area contributed by atoms with Crippen LogP contribution in [-0.2, 0) is 6.54 Å². The minimum Gasteiger partial charge on any atom is -0.361 e. The van der Waals surface area contributed by atoms with Gasteiger partial charge in [-0.05, 0) is 38.3 Å². The third-order valence-electron chi connectivity index (χ3n) is 5.01. The van der Waals surface area contributed by atoms with Crippen molar-refractivity contribution in [3.05, 3.63) is 46.2 Å². The molecule has 0 saturated heterocycles. The van der Waals surface area contributed by atoms with Crippen LogP contribution in [0.5, 0.6) is 0 Å². The van der Waals surface area contributed by atoms with E-state index in [-0.39, 0.29) is 18.1 Å². The Labute approximate surface area is 153 Å². The molecule has 4 rings (SSSR count). The van der Waals surface area contributed by atoms with Crippen molar-refractivity contribution in [1.29, 1.82) is 0 Å². The number of carbonyl (C=O) groups is 1. The van der Waals surface area contributed by atoms with Crippen LogP contribution in [0.2, 0.25) is 5.15 Å². The second-order valence-corrected chi connectivity index (χ2v) is 7.26. The second kappa shape index (κ2) is 6.37. The molecule has 1 saturated carbocycles. The molecule has 0 spiro atoms. The molecule has 1 aromatic heterocycles. The lowest BCUT2D eigenvalue weighted by atomic mass is 10.0. The van der Waals surface area contributed by atoms with E-state index in [0.29, 0.717) is 5.15 Å². The van der Waals surface area contributed by atoms with Gasteiger partial charge in [0.05, 0.1) is 16.8 Å². The van der Waals surface area contributed by atoms with Crippen LogP contribution >= 0.6 is 11.6 Å². The molecule has 25 heavy (non-hydrogen) atoms. The molecule has 6 heteroatoms. The van der Waals surface area contributed by atoms with E-state index in [1.807, 2.05) is 40.8 Å². The van der Waals surface area contributed by atoms with Crippen LogP contribution in [0.15, 0.2) is 24.3 Å². The normalized spacial score (nSPS) is 19.7. The van der Waals surface area contributed by atoms with E-state index in [9.17, 15) is 4.79 Å². The number of aryl methyl sites for hydroxylation is 2. The summed E-state index contributed by atoms with van der Waals surface area (Å²) >= 11 is 6.69. The van der Waals surface area contributed by atoms with Crippen LogP contribution < -0.4 is 5.32 Å². The van der Waals surface area contributed by atoms with Crippen molar-refractivity contribution >= 4 is 23.2 Å². The first-order valence-corrected chi connectivity index (χ1v) is 9.40. The van der Waals surface area contributed by atoms with Gasteiger partial charge in [-0.15, -0.1) is 0 Å². The van der Waals surface area contributed by atoms with Gasteiger partial charge in [0.15, 0.2) is 0 Å². The number of para-hydroxylation sites is 1. The van der Waals surface area contributed by atoms with Crippen molar-refractivity contribution in [1.82, 2.24) is 14.7 Å². The molecule has 1 aromatic carbocycles. The van der Waals surface area contributed by atoms with Crippen molar-refractivity contribution in [2.75, 3.05) is 5.32 Å². The number of nitrogens with one attached hydrogen (secondary N) is 1. The van der Waals surface area contributed by atoms with E-state index in [1.165, 1.54) is 0 Å². The summed E-state index contributed by atoms with van der Waals surface area (Å²) in [6, 6.07) is 7.98. The highest BCUT2D eigenvalue weighted by Gasteiger charge is 2.43. The van der Waals surface area contributed by atoms with Crippen LogP contribution in [0.3, 0.4) is 0 Å². The predicted octanol–water partition coefficient (Wildman–Crippen LogP) is 4.37. The molecule has 1 N–H and O–H groups in total. The largest absolute Gasteiger partial charge is 0.361 e. The molecule has 0 radical (unpaired) electrons. The van der Waals surface area contributed by atoms with Gasteiger partial charge in [-0.1, -0.05) is 37.1 Å². The van der Waals surface area contributed by atoms with Crippen molar-refractivity contribution < 1.29 is 4.79 Å². The average molecular weight is 359 g/mol. The summed E-state index contributed by atoms with van der Waals surface area (Å²) in [6.45, 7) is 4.93. The minimum atomic E-state index is -0.252. The molecule has 2 aromatic rings. The number of nitrogens with zero attached hydrogens (tertiary/aromatic N) is 3. The van der Waals surface area contributed by atoms with Crippen LogP contribution in [0, 0.1) is 6.92 Å².